The summed E-state index contributed by atoms with van der Waals surface area (Å²) in [6.45, 7) is 4.11. The fourth-order valence-corrected chi connectivity index (χ4v) is 1.17. The Hall–Kier alpha value is -0.0700. The van der Waals surface area contributed by atoms with E-state index in [-0.39, 0.29) is 0 Å². The highest BCUT2D eigenvalue weighted by molar-refractivity contribution is 4.53. The predicted octanol–water partition coefficient (Wildman–Crippen LogP) is 4.10. The van der Waals surface area contributed by atoms with E-state index in [2.05, 4.69) is 6.92 Å². The van der Waals surface area contributed by atoms with Crippen LogP contribution >= 0.6 is 0 Å². The number of alkyl halides is 1. The Morgan fingerprint density at radius 2 is 1.64 bits per heavy atom. The molecular formula is C10H21F. The van der Waals surface area contributed by atoms with Gasteiger partial charge >= 0.3 is 0 Å². The second kappa shape index (κ2) is 8.03. The average molecular weight is 160 g/mol. The summed E-state index contributed by atoms with van der Waals surface area (Å²) in [5.41, 5.74) is 0. The Balaban J connectivity index is 2.89. The predicted molar refractivity (Wildman–Crippen MR) is 48.6 cm³/mol. The summed E-state index contributed by atoms with van der Waals surface area (Å²) in [6.07, 6.45) is 7.08. The van der Waals surface area contributed by atoms with Crippen LogP contribution < -0.4 is 0 Å². The Bertz CT molecular complexity index is 71.3. The van der Waals surface area contributed by atoms with Crippen LogP contribution in [0.1, 0.15) is 58.8 Å². The van der Waals surface area contributed by atoms with Gasteiger partial charge in [-0.25, -0.2) is 4.39 Å². The Labute approximate surface area is 70.2 Å². The van der Waals surface area contributed by atoms with Crippen molar-refractivity contribution in [2.24, 2.45) is 0 Å². The number of rotatable bonds is 7. The van der Waals surface area contributed by atoms with Gasteiger partial charge in [0.25, 0.3) is 0 Å². The molecule has 0 amide bonds. The minimum Gasteiger partial charge on any atom is -0.248 e. The molecular weight excluding hydrogens is 139 g/mol. The van der Waals surface area contributed by atoms with Gasteiger partial charge < -0.3 is 0 Å². The maximum atomic E-state index is 12.6. The lowest BCUT2D eigenvalue weighted by Gasteiger charge is -2.03. The van der Waals surface area contributed by atoms with Crippen LogP contribution in [0.25, 0.3) is 0 Å². The van der Waals surface area contributed by atoms with Crippen LogP contribution in [0.3, 0.4) is 0 Å². The minimum absolute atomic E-state index is 0.545. The summed E-state index contributed by atoms with van der Waals surface area (Å²) >= 11 is 0. The first kappa shape index (κ1) is 10.9. The highest BCUT2D eigenvalue weighted by Crippen LogP contribution is 2.10. The fraction of sp³-hybridized carbons (Fsp3) is 1.00. The Morgan fingerprint density at radius 3 is 2.18 bits per heavy atom. The Kier molecular flexibility index (Phi) is 7.98. The van der Waals surface area contributed by atoms with Gasteiger partial charge in [0, 0.05) is 0 Å². The molecule has 1 unspecified atom stereocenters. The van der Waals surface area contributed by atoms with Crippen molar-refractivity contribution in [1.82, 2.24) is 0 Å². The topological polar surface area (TPSA) is 0 Å². The molecule has 0 rings (SSSR count). The summed E-state index contributed by atoms with van der Waals surface area (Å²) in [7, 11) is 0. The molecule has 0 aliphatic heterocycles. The van der Waals surface area contributed by atoms with E-state index in [0.717, 1.165) is 12.8 Å². The largest absolute Gasteiger partial charge is 0.248 e. The van der Waals surface area contributed by atoms with E-state index in [1.165, 1.54) is 25.7 Å². The van der Waals surface area contributed by atoms with E-state index in [0.29, 0.717) is 6.42 Å². The fourth-order valence-electron chi connectivity index (χ4n) is 1.17. The molecule has 0 bridgehead atoms. The minimum atomic E-state index is -0.545. The summed E-state index contributed by atoms with van der Waals surface area (Å²) in [6, 6.07) is 0. The number of unbranched alkanes of at least 4 members (excludes halogenated alkanes) is 4. The molecule has 68 valence electrons. The summed E-state index contributed by atoms with van der Waals surface area (Å²) in [5.74, 6) is 0. The van der Waals surface area contributed by atoms with Gasteiger partial charge in [-0.3, -0.25) is 0 Å². The van der Waals surface area contributed by atoms with Crippen molar-refractivity contribution in [3.63, 3.8) is 0 Å². The van der Waals surface area contributed by atoms with Crippen LogP contribution in [0.15, 0.2) is 0 Å². The zero-order chi connectivity index (χ0) is 8.53. The molecule has 0 aromatic carbocycles. The molecule has 0 aliphatic rings. The SMILES string of the molecule is CCCCCCCC(F)CC. The summed E-state index contributed by atoms with van der Waals surface area (Å²) in [4.78, 5) is 0. The van der Waals surface area contributed by atoms with E-state index < -0.39 is 6.17 Å². The maximum absolute atomic E-state index is 12.6. The van der Waals surface area contributed by atoms with Crippen molar-refractivity contribution in [2.75, 3.05) is 0 Å². The average Bonchev–Trinajstić information content (AvgIpc) is 2.04. The van der Waals surface area contributed by atoms with Gasteiger partial charge in [-0.1, -0.05) is 46.0 Å². The van der Waals surface area contributed by atoms with Gasteiger partial charge in [-0.05, 0) is 12.8 Å². The molecule has 1 heteroatoms. The van der Waals surface area contributed by atoms with Crippen molar-refractivity contribution >= 4 is 0 Å². The van der Waals surface area contributed by atoms with Crippen LogP contribution in [0.4, 0.5) is 4.39 Å². The third kappa shape index (κ3) is 7.83. The van der Waals surface area contributed by atoms with E-state index >= 15 is 0 Å². The number of hydrogen-bond donors (Lipinski definition) is 0. The second-order valence-corrected chi connectivity index (χ2v) is 3.21. The quantitative estimate of drug-likeness (QED) is 0.492. The third-order valence-corrected chi connectivity index (χ3v) is 2.06. The van der Waals surface area contributed by atoms with Crippen molar-refractivity contribution < 1.29 is 4.39 Å². The van der Waals surface area contributed by atoms with Crippen LogP contribution in [-0.2, 0) is 0 Å². The lowest BCUT2D eigenvalue weighted by Crippen LogP contribution is -1.96. The normalized spacial score (nSPS) is 13.4. The molecule has 0 aromatic heterocycles. The molecule has 0 spiro atoms. The highest BCUT2D eigenvalue weighted by atomic mass is 19.1. The van der Waals surface area contributed by atoms with Gasteiger partial charge in [-0.2, -0.15) is 0 Å². The zero-order valence-electron chi connectivity index (χ0n) is 7.91. The van der Waals surface area contributed by atoms with Gasteiger partial charge in [0.05, 0.1) is 6.17 Å². The molecule has 11 heavy (non-hydrogen) atoms. The standard InChI is InChI=1S/C10H21F/c1-3-5-6-7-8-9-10(11)4-2/h10H,3-9H2,1-2H3. The molecule has 0 saturated carbocycles. The molecule has 0 aliphatic carbocycles. The molecule has 0 fully saturated rings. The van der Waals surface area contributed by atoms with Crippen molar-refractivity contribution in [3.8, 4) is 0 Å². The first-order valence-corrected chi connectivity index (χ1v) is 4.95. The molecule has 1 atom stereocenters. The first-order valence-electron chi connectivity index (χ1n) is 4.95. The summed E-state index contributed by atoms with van der Waals surface area (Å²) < 4.78 is 12.6. The van der Waals surface area contributed by atoms with Gasteiger partial charge in [0.1, 0.15) is 0 Å². The van der Waals surface area contributed by atoms with Crippen LogP contribution in [0.2, 0.25) is 0 Å². The monoisotopic (exact) mass is 160 g/mol. The van der Waals surface area contributed by atoms with Crippen LogP contribution in [-0.4, -0.2) is 6.17 Å². The van der Waals surface area contributed by atoms with Crippen molar-refractivity contribution in [2.45, 2.75) is 65.0 Å². The van der Waals surface area contributed by atoms with Crippen LogP contribution in [0, 0.1) is 0 Å². The number of halogens is 1. The first-order chi connectivity index (χ1) is 5.31. The molecule has 0 aromatic rings. The van der Waals surface area contributed by atoms with E-state index in [4.69, 9.17) is 0 Å². The smallest absolute Gasteiger partial charge is 0.0999 e. The van der Waals surface area contributed by atoms with Crippen LogP contribution in [0.5, 0.6) is 0 Å². The van der Waals surface area contributed by atoms with Crippen molar-refractivity contribution in [1.29, 1.82) is 0 Å². The van der Waals surface area contributed by atoms with Gasteiger partial charge in [0.15, 0.2) is 0 Å². The molecule has 0 heterocycles. The summed E-state index contributed by atoms with van der Waals surface area (Å²) in [5, 5.41) is 0. The van der Waals surface area contributed by atoms with E-state index in [9.17, 15) is 4.39 Å². The lowest BCUT2D eigenvalue weighted by molar-refractivity contribution is 0.296. The highest BCUT2D eigenvalue weighted by Gasteiger charge is 2.00. The lowest BCUT2D eigenvalue weighted by atomic mass is 10.1. The number of hydrogen-bond acceptors (Lipinski definition) is 0. The molecule has 0 N–H and O–H groups in total. The Morgan fingerprint density at radius 1 is 1.00 bits per heavy atom. The molecule has 0 nitrogen and oxygen atoms in total. The van der Waals surface area contributed by atoms with E-state index in [1.54, 1.807) is 0 Å². The second-order valence-electron chi connectivity index (χ2n) is 3.21. The van der Waals surface area contributed by atoms with Crippen molar-refractivity contribution in [3.05, 3.63) is 0 Å². The maximum Gasteiger partial charge on any atom is 0.0999 e. The van der Waals surface area contributed by atoms with E-state index in [1.807, 2.05) is 6.92 Å². The third-order valence-electron chi connectivity index (χ3n) is 2.06. The van der Waals surface area contributed by atoms with Gasteiger partial charge in [0.2, 0.25) is 0 Å². The molecule has 0 radical (unpaired) electrons. The molecule has 0 saturated heterocycles. The van der Waals surface area contributed by atoms with Gasteiger partial charge in [-0.15, -0.1) is 0 Å². The zero-order valence-corrected chi connectivity index (χ0v) is 7.91.